The van der Waals surface area contributed by atoms with E-state index in [2.05, 4.69) is 26.1 Å². The Kier molecular flexibility index (Phi) is 3.81. The third-order valence-electron chi connectivity index (χ3n) is 4.41. The van der Waals surface area contributed by atoms with Gasteiger partial charge in [0, 0.05) is 23.7 Å². The van der Waals surface area contributed by atoms with Crippen molar-refractivity contribution in [1.82, 2.24) is 5.32 Å². The molecule has 0 heterocycles. The minimum absolute atomic E-state index is 0.100. The van der Waals surface area contributed by atoms with Crippen molar-refractivity contribution in [3.63, 3.8) is 0 Å². The van der Waals surface area contributed by atoms with Crippen LogP contribution >= 0.6 is 0 Å². The van der Waals surface area contributed by atoms with Crippen LogP contribution in [0.3, 0.4) is 0 Å². The SMILES string of the molecule is CC(NC1CCC(C)C1C)c1ccc(O)cc1O. The highest BCUT2D eigenvalue weighted by Gasteiger charge is 2.30. The number of phenols is 2. The van der Waals surface area contributed by atoms with Gasteiger partial charge >= 0.3 is 0 Å². The summed E-state index contributed by atoms with van der Waals surface area (Å²) >= 11 is 0. The molecule has 0 radical (unpaired) electrons. The summed E-state index contributed by atoms with van der Waals surface area (Å²) in [5.41, 5.74) is 0.847. The van der Waals surface area contributed by atoms with Crippen molar-refractivity contribution in [2.45, 2.75) is 45.7 Å². The Morgan fingerprint density at radius 3 is 2.50 bits per heavy atom. The van der Waals surface area contributed by atoms with E-state index >= 15 is 0 Å². The molecule has 0 saturated heterocycles. The zero-order valence-corrected chi connectivity index (χ0v) is 11.4. The lowest BCUT2D eigenvalue weighted by Gasteiger charge is -2.25. The van der Waals surface area contributed by atoms with Gasteiger partial charge in [0.15, 0.2) is 0 Å². The van der Waals surface area contributed by atoms with E-state index in [4.69, 9.17) is 0 Å². The van der Waals surface area contributed by atoms with Crippen molar-refractivity contribution in [3.8, 4) is 11.5 Å². The molecule has 1 aromatic rings. The standard InChI is InChI=1S/C15H23NO2/c1-9-4-7-14(10(9)2)16-11(3)13-6-5-12(17)8-15(13)18/h5-6,8-11,14,16-18H,4,7H2,1-3H3. The summed E-state index contributed by atoms with van der Waals surface area (Å²) in [6.07, 6.45) is 2.47. The molecule has 1 fully saturated rings. The van der Waals surface area contributed by atoms with Crippen molar-refractivity contribution in [2.24, 2.45) is 11.8 Å². The molecular weight excluding hydrogens is 226 g/mol. The smallest absolute Gasteiger partial charge is 0.124 e. The van der Waals surface area contributed by atoms with E-state index in [0.717, 1.165) is 11.5 Å². The Morgan fingerprint density at radius 2 is 1.94 bits per heavy atom. The average Bonchev–Trinajstić information content (AvgIpc) is 2.61. The minimum atomic E-state index is 0.100. The lowest BCUT2D eigenvalue weighted by Crippen LogP contribution is -2.34. The van der Waals surface area contributed by atoms with Crippen LogP contribution in [-0.4, -0.2) is 16.3 Å². The Morgan fingerprint density at radius 1 is 1.22 bits per heavy atom. The van der Waals surface area contributed by atoms with Gasteiger partial charge in [-0.1, -0.05) is 19.9 Å². The van der Waals surface area contributed by atoms with Crippen LogP contribution in [-0.2, 0) is 0 Å². The predicted molar refractivity (Wildman–Crippen MR) is 72.7 cm³/mol. The number of rotatable bonds is 3. The van der Waals surface area contributed by atoms with Crippen LogP contribution in [0.5, 0.6) is 11.5 Å². The first-order valence-corrected chi connectivity index (χ1v) is 6.77. The number of phenolic OH excluding ortho intramolecular Hbond substituents is 2. The number of hydrogen-bond donors (Lipinski definition) is 3. The van der Waals surface area contributed by atoms with Crippen LogP contribution in [0.1, 0.15) is 45.2 Å². The second-order valence-corrected chi connectivity index (χ2v) is 5.65. The minimum Gasteiger partial charge on any atom is -0.508 e. The van der Waals surface area contributed by atoms with Gasteiger partial charge < -0.3 is 15.5 Å². The first-order chi connectivity index (χ1) is 8.49. The molecule has 4 unspecified atom stereocenters. The van der Waals surface area contributed by atoms with Crippen molar-refractivity contribution in [1.29, 1.82) is 0 Å². The Labute approximate surface area is 109 Å². The third kappa shape index (κ3) is 2.61. The molecule has 1 saturated carbocycles. The topological polar surface area (TPSA) is 52.5 Å². The van der Waals surface area contributed by atoms with E-state index in [0.29, 0.717) is 12.0 Å². The van der Waals surface area contributed by atoms with Gasteiger partial charge in [-0.15, -0.1) is 0 Å². The molecule has 0 amide bonds. The first-order valence-electron chi connectivity index (χ1n) is 6.77. The third-order valence-corrected chi connectivity index (χ3v) is 4.41. The number of hydrogen-bond acceptors (Lipinski definition) is 3. The van der Waals surface area contributed by atoms with Crippen LogP contribution in [0.15, 0.2) is 18.2 Å². The van der Waals surface area contributed by atoms with Gasteiger partial charge in [-0.2, -0.15) is 0 Å². The van der Waals surface area contributed by atoms with E-state index < -0.39 is 0 Å². The summed E-state index contributed by atoms with van der Waals surface area (Å²) in [6.45, 7) is 6.65. The summed E-state index contributed by atoms with van der Waals surface area (Å²) < 4.78 is 0. The van der Waals surface area contributed by atoms with Gasteiger partial charge in [-0.05, 0) is 37.7 Å². The summed E-state index contributed by atoms with van der Waals surface area (Å²) in [6, 6.07) is 5.42. The highest BCUT2D eigenvalue weighted by molar-refractivity contribution is 5.40. The maximum absolute atomic E-state index is 9.85. The molecule has 0 bridgehead atoms. The van der Waals surface area contributed by atoms with E-state index in [9.17, 15) is 10.2 Å². The van der Waals surface area contributed by atoms with Crippen LogP contribution in [0.4, 0.5) is 0 Å². The van der Waals surface area contributed by atoms with Crippen LogP contribution < -0.4 is 5.32 Å². The van der Waals surface area contributed by atoms with Crippen molar-refractivity contribution in [2.75, 3.05) is 0 Å². The van der Waals surface area contributed by atoms with Crippen molar-refractivity contribution < 1.29 is 10.2 Å². The monoisotopic (exact) mass is 249 g/mol. The molecule has 2 rings (SSSR count). The fraction of sp³-hybridized carbons (Fsp3) is 0.600. The molecule has 1 aliphatic carbocycles. The van der Waals surface area contributed by atoms with Gasteiger partial charge in [-0.3, -0.25) is 0 Å². The van der Waals surface area contributed by atoms with Crippen LogP contribution in [0, 0.1) is 11.8 Å². The van der Waals surface area contributed by atoms with E-state index in [1.54, 1.807) is 12.1 Å². The maximum atomic E-state index is 9.85. The molecule has 0 aromatic heterocycles. The molecular formula is C15H23NO2. The number of nitrogens with one attached hydrogen (secondary N) is 1. The largest absolute Gasteiger partial charge is 0.508 e. The normalized spacial score (nSPS) is 29.4. The van der Waals surface area contributed by atoms with E-state index in [1.165, 1.54) is 18.9 Å². The fourth-order valence-corrected chi connectivity index (χ4v) is 2.91. The Hall–Kier alpha value is -1.22. The van der Waals surface area contributed by atoms with E-state index in [-0.39, 0.29) is 17.5 Å². The van der Waals surface area contributed by atoms with Crippen LogP contribution in [0.2, 0.25) is 0 Å². The molecule has 1 aromatic carbocycles. The summed E-state index contributed by atoms with van der Waals surface area (Å²) in [4.78, 5) is 0. The molecule has 3 nitrogen and oxygen atoms in total. The van der Waals surface area contributed by atoms with Gasteiger partial charge in [0.2, 0.25) is 0 Å². The highest BCUT2D eigenvalue weighted by atomic mass is 16.3. The van der Waals surface area contributed by atoms with Gasteiger partial charge in [0.25, 0.3) is 0 Å². The zero-order chi connectivity index (χ0) is 13.3. The molecule has 0 aliphatic heterocycles. The zero-order valence-electron chi connectivity index (χ0n) is 11.4. The summed E-state index contributed by atoms with van der Waals surface area (Å²) in [5.74, 6) is 1.70. The second-order valence-electron chi connectivity index (χ2n) is 5.65. The van der Waals surface area contributed by atoms with Crippen molar-refractivity contribution >= 4 is 0 Å². The van der Waals surface area contributed by atoms with Gasteiger partial charge in [0.1, 0.15) is 11.5 Å². The lowest BCUT2D eigenvalue weighted by molar-refractivity contribution is 0.342. The quantitative estimate of drug-likeness (QED) is 0.771. The van der Waals surface area contributed by atoms with Gasteiger partial charge in [-0.25, -0.2) is 0 Å². The lowest BCUT2D eigenvalue weighted by atomic mass is 9.96. The summed E-state index contributed by atoms with van der Waals surface area (Å²) in [7, 11) is 0. The Balaban J connectivity index is 2.05. The highest BCUT2D eigenvalue weighted by Crippen LogP contribution is 2.34. The molecule has 0 spiro atoms. The van der Waals surface area contributed by atoms with Crippen LogP contribution in [0.25, 0.3) is 0 Å². The Bertz CT molecular complexity index is 419. The molecule has 1 aliphatic rings. The number of benzene rings is 1. The second kappa shape index (κ2) is 5.19. The predicted octanol–water partition coefficient (Wildman–Crippen LogP) is 3.18. The molecule has 18 heavy (non-hydrogen) atoms. The number of aromatic hydroxyl groups is 2. The average molecular weight is 249 g/mol. The molecule has 3 heteroatoms. The summed E-state index contributed by atoms with van der Waals surface area (Å²) in [5, 5.41) is 22.7. The first kappa shape index (κ1) is 13.2. The molecule has 4 atom stereocenters. The maximum Gasteiger partial charge on any atom is 0.124 e. The van der Waals surface area contributed by atoms with Crippen molar-refractivity contribution in [3.05, 3.63) is 23.8 Å². The molecule has 100 valence electrons. The van der Waals surface area contributed by atoms with E-state index in [1.807, 2.05) is 0 Å². The fourth-order valence-electron chi connectivity index (χ4n) is 2.91. The van der Waals surface area contributed by atoms with Gasteiger partial charge in [0.05, 0.1) is 0 Å². The molecule has 3 N–H and O–H groups in total.